The number of hydrogen-bond donors (Lipinski definition) is 0. The summed E-state index contributed by atoms with van der Waals surface area (Å²) in [6, 6.07) is 0.601. The Morgan fingerprint density at radius 1 is 1.12 bits per heavy atom. The van der Waals surface area contributed by atoms with Gasteiger partial charge in [0.05, 0.1) is 24.9 Å². The Morgan fingerprint density at radius 3 is 2.62 bits per heavy atom. The van der Waals surface area contributed by atoms with Crippen molar-refractivity contribution in [3.05, 3.63) is 15.9 Å². The molecule has 0 unspecified atom stereocenters. The lowest BCUT2D eigenvalue weighted by Gasteiger charge is -2.16. The quantitative estimate of drug-likeness (QED) is 0.737. The third kappa shape index (κ3) is 1.82. The highest BCUT2D eigenvalue weighted by atomic mass is 79.9. The molecule has 2 heterocycles. The maximum absolute atomic E-state index is 5.51. The van der Waals surface area contributed by atoms with Crippen molar-refractivity contribution in [3.8, 4) is 0 Å². The van der Waals surface area contributed by atoms with Crippen LogP contribution in [-0.4, -0.2) is 9.78 Å². The van der Waals surface area contributed by atoms with Gasteiger partial charge in [-0.1, -0.05) is 25.7 Å². The maximum Gasteiger partial charge on any atom is 0.134 e. The SMILES string of the molecule is Brc1nn(C2CCCCCC2)c2c1COC2. The molecule has 3 rings (SSSR count). The zero-order valence-electron chi connectivity index (χ0n) is 9.41. The monoisotopic (exact) mass is 284 g/mol. The van der Waals surface area contributed by atoms with Crippen LogP contribution in [0.1, 0.15) is 55.8 Å². The Balaban J connectivity index is 1.90. The van der Waals surface area contributed by atoms with E-state index in [-0.39, 0.29) is 0 Å². The van der Waals surface area contributed by atoms with E-state index in [0.29, 0.717) is 6.04 Å². The van der Waals surface area contributed by atoms with Gasteiger partial charge in [0.25, 0.3) is 0 Å². The number of fused-ring (bicyclic) bond motifs is 1. The zero-order valence-corrected chi connectivity index (χ0v) is 11.0. The second-order valence-electron chi connectivity index (χ2n) is 4.80. The normalized spacial score (nSPS) is 22.1. The Morgan fingerprint density at radius 2 is 1.88 bits per heavy atom. The summed E-state index contributed by atoms with van der Waals surface area (Å²) in [5.41, 5.74) is 2.57. The largest absolute Gasteiger partial charge is 0.370 e. The number of ether oxygens (including phenoxy) is 1. The minimum atomic E-state index is 0.601. The van der Waals surface area contributed by atoms with Gasteiger partial charge in [-0.2, -0.15) is 5.10 Å². The van der Waals surface area contributed by atoms with Crippen LogP contribution in [0.2, 0.25) is 0 Å². The van der Waals surface area contributed by atoms with Gasteiger partial charge in [0.15, 0.2) is 0 Å². The van der Waals surface area contributed by atoms with Gasteiger partial charge in [0.2, 0.25) is 0 Å². The molecule has 1 saturated carbocycles. The molecule has 0 radical (unpaired) electrons. The first kappa shape index (κ1) is 10.8. The second kappa shape index (κ2) is 4.49. The second-order valence-corrected chi connectivity index (χ2v) is 5.55. The number of nitrogens with zero attached hydrogens (tertiary/aromatic N) is 2. The third-order valence-electron chi connectivity index (χ3n) is 3.73. The number of halogens is 1. The van der Waals surface area contributed by atoms with Crippen LogP contribution in [0.5, 0.6) is 0 Å². The van der Waals surface area contributed by atoms with Crippen molar-refractivity contribution in [1.29, 1.82) is 0 Å². The average molecular weight is 285 g/mol. The van der Waals surface area contributed by atoms with Crippen LogP contribution in [0.4, 0.5) is 0 Å². The lowest BCUT2D eigenvalue weighted by atomic mass is 10.1. The van der Waals surface area contributed by atoms with Crippen LogP contribution in [0.25, 0.3) is 0 Å². The highest BCUT2D eigenvalue weighted by molar-refractivity contribution is 9.10. The molecule has 2 aliphatic rings. The summed E-state index contributed by atoms with van der Waals surface area (Å²) < 4.78 is 8.73. The predicted octanol–water partition coefficient (Wildman–Crippen LogP) is 3.57. The van der Waals surface area contributed by atoms with E-state index in [4.69, 9.17) is 4.74 Å². The summed E-state index contributed by atoms with van der Waals surface area (Å²) in [6.07, 6.45) is 8.02. The Kier molecular flexibility index (Phi) is 3.03. The average Bonchev–Trinajstić information content (AvgIpc) is 2.75. The molecule has 16 heavy (non-hydrogen) atoms. The minimum absolute atomic E-state index is 0.601. The molecule has 1 aromatic rings. The van der Waals surface area contributed by atoms with E-state index >= 15 is 0 Å². The number of aromatic nitrogens is 2. The van der Waals surface area contributed by atoms with Gasteiger partial charge in [0.1, 0.15) is 4.60 Å². The standard InChI is InChI=1S/C12H17BrN2O/c13-12-10-7-16-8-11(10)15(14-12)9-5-3-1-2-4-6-9/h9H,1-8H2. The summed E-state index contributed by atoms with van der Waals surface area (Å²) in [5.74, 6) is 0. The van der Waals surface area contributed by atoms with Crippen LogP contribution < -0.4 is 0 Å². The summed E-state index contributed by atoms with van der Waals surface area (Å²) >= 11 is 3.54. The number of hydrogen-bond acceptors (Lipinski definition) is 2. The Hall–Kier alpha value is -0.350. The van der Waals surface area contributed by atoms with E-state index in [0.717, 1.165) is 17.8 Å². The highest BCUT2D eigenvalue weighted by Gasteiger charge is 2.26. The van der Waals surface area contributed by atoms with Crippen LogP contribution in [0.15, 0.2) is 4.60 Å². The molecular formula is C12H17BrN2O. The van der Waals surface area contributed by atoms with Crippen molar-refractivity contribution in [2.75, 3.05) is 0 Å². The van der Waals surface area contributed by atoms with E-state index < -0.39 is 0 Å². The first-order valence-corrected chi connectivity index (χ1v) is 6.99. The molecule has 0 saturated heterocycles. The third-order valence-corrected chi connectivity index (χ3v) is 4.36. The predicted molar refractivity (Wildman–Crippen MR) is 65.2 cm³/mol. The van der Waals surface area contributed by atoms with Gasteiger partial charge in [-0.25, -0.2) is 0 Å². The molecule has 88 valence electrons. The van der Waals surface area contributed by atoms with Crippen LogP contribution in [-0.2, 0) is 18.0 Å². The van der Waals surface area contributed by atoms with E-state index in [1.54, 1.807) is 0 Å². The smallest absolute Gasteiger partial charge is 0.134 e. The Labute approximate surface area is 104 Å². The molecule has 3 nitrogen and oxygen atoms in total. The minimum Gasteiger partial charge on any atom is -0.370 e. The van der Waals surface area contributed by atoms with Crippen molar-refractivity contribution >= 4 is 15.9 Å². The zero-order chi connectivity index (χ0) is 11.0. The van der Waals surface area contributed by atoms with Gasteiger partial charge in [0, 0.05) is 5.56 Å². The molecule has 4 heteroatoms. The fourth-order valence-electron chi connectivity index (χ4n) is 2.82. The van der Waals surface area contributed by atoms with Gasteiger partial charge in [-0.15, -0.1) is 0 Å². The van der Waals surface area contributed by atoms with Crippen LogP contribution in [0.3, 0.4) is 0 Å². The van der Waals surface area contributed by atoms with E-state index in [9.17, 15) is 0 Å². The highest BCUT2D eigenvalue weighted by Crippen LogP contribution is 2.34. The molecule has 1 aliphatic carbocycles. The van der Waals surface area contributed by atoms with Gasteiger partial charge in [-0.3, -0.25) is 4.68 Å². The molecule has 0 N–H and O–H groups in total. The van der Waals surface area contributed by atoms with Crippen LogP contribution >= 0.6 is 15.9 Å². The van der Waals surface area contributed by atoms with Crippen molar-refractivity contribution in [2.45, 2.75) is 57.8 Å². The fraction of sp³-hybridized carbons (Fsp3) is 0.750. The summed E-state index contributed by atoms with van der Waals surface area (Å²) in [7, 11) is 0. The lowest BCUT2D eigenvalue weighted by molar-refractivity contribution is 0.127. The van der Waals surface area contributed by atoms with Crippen molar-refractivity contribution < 1.29 is 4.74 Å². The first-order valence-electron chi connectivity index (χ1n) is 6.20. The van der Waals surface area contributed by atoms with E-state index in [2.05, 4.69) is 25.7 Å². The molecule has 0 spiro atoms. The van der Waals surface area contributed by atoms with Crippen LogP contribution in [0, 0.1) is 0 Å². The van der Waals surface area contributed by atoms with Gasteiger partial charge >= 0.3 is 0 Å². The van der Waals surface area contributed by atoms with Crippen molar-refractivity contribution in [1.82, 2.24) is 9.78 Å². The van der Waals surface area contributed by atoms with E-state index in [1.807, 2.05) is 0 Å². The van der Waals surface area contributed by atoms with Crippen molar-refractivity contribution in [3.63, 3.8) is 0 Å². The lowest BCUT2D eigenvalue weighted by Crippen LogP contribution is -2.12. The molecule has 0 atom stereocenters. The van der Waals surface area contributed by atoms with Crippen molar-refractivity contribution in [2.24, 2.45) is 0 Å². The summed E-state index contributed by atoms with van der Waals surface area (Å²) in [4.78, 5) is 0. The molecule has 1 aromatic heterocycles. The summed E-state index contributed by atoms with van der Waals surface area (Å²) in [6.45, 7) is 1.47. The molecule has 0 aromatic carbocycles. The molecule has 0 amide bonds. The first-order chi connectivity index (χ1) is 7.86. The topological polar surface area (TPSA) is 27.1 Å². The molecule has 1 aliphatic heterocycles. The number of rotatable bonds is 1. The van der Waals surface area contributed by atoms with Gasteiger partial charge in [-0.05, 0) is 28.8 Å². The van der Waals surface area contributed by atoms with E-state index in [1.165, 1.54) is 49.8 Å². The molecular weight excluding hydrogens is 268 g/mol. The summed E-state index contributed by atoms with van der Waals surface area (Å²) in [5, 5.41) is 4.65. The fourth-order valence-corrected chi connectivity index (χ4v) is 3.34. The molecule has 1 fully saturated rings. The van der Waals surface area contributed by atoms with Gasteiger partial charge < -0.3 is 4.74 Å². The Bertz CT molecular complexity index is 381. The maximum atomic E-state index is 5.51. The molecule has 0 bridgehead atoms.